The Bertz CT molecular complexity index is 869. The van der Waals surface area contributed by atoms with E-state index in [9.17, 15) is 4.79 Å². The standard InChI is InChI=1S/C26H39N2O8/c1-23(2)26(29)36-21-20-35-19-18-34-17-16-33-15-14-32-13-12-31-11-10-27-8-9-28(22-27)24-4-6-25(30-3)7-5-24/h4-9,22H,1,10-21H2,2-3H3/q+1. The predicted octanol–water partition coefficient (Wildman–Crippen LogP) is 1.98. The van der Waals surface area contributed by atoms with Crippen LogP contribution < -0.4 is 9.30 Å². The molecule has 0 spiro atoms. The number of aromatic nitrogens is 2. The fraction of sp³-hybridized carbons (Fsp3) is 0.538. The van der Waals surface area contributed by atoms with E-state index >= 15 is 0 Å². The van der Waals surface area contributed by atoms with Crippen LogP contribution >= 0.6 is 0 Å². The zero-order valence-corrected chi connectivity index (χ0v) is 21.4. The average molecular weight is 508 g/mol. The number of carbonyl (C=O) groups excluding carboxylic acids is 1. The number of esters is 1. The molecule has 0 bridgehead atoms. The molecule has 2 rings (SSSR count). The molecule has 0 N–H and O–H groups in total. The smallest absolute Gasteiger partial charge is 0.333 e. The fourth-order valence-electron chi connectivity index (χ4n) is 2.90. The lowest BCUT2D eigenvalue weighted by Crippen LogP contribution is -2.33. The van der Waals surface area contributed by atoms with Crippen molar-refractivity contribution in [3.8, 4) is 11.4 Å². The molecule has 36 heavy (non-hydrogen) atoms. The van der Waals surface area contributed by atoms with Gasteiger partial charge in [0.15, 0.2) is 0 Å². The highest BCUT2D eigenvalue weighted by molar-refractivity contribution is 5.86. The van der Waals surface area contributed by atoms with Crippen LogP contribution in [-0.4, -0.2) is 90.3 Å². The third-order valence-corrected chi connectivity index (χ3v) is 4.85. The topological polar surface area (TPSA) is 90.5 Å². The Labute approximate surface area is 213 Å². The highest BCUT2D eigenvalue weighted by Crippen LogP contribution is 2.13. The molecule has 0 aliphatic rings. The van der Waals surface area contributed by atoms with Gasteiger partial charge in [0.1, 0.15) is 37.0 Å². The van der Waals surface area contributed by atoms with Gasteiger partial charge in [-0.05, 0) is 31.2 Å². The Balaban J connectivity index is 1.33. The van der Waals surface area contributed by atoms with Crippen LogP contribution in [-0.2, 0) is 39.8 Å². The van der Waals surface area contributed by atoms with Crippen LogP contribution in [0.25, 0.3) is 5.69 Å². The van der Waals surface area contributed by atoms with Crippen molar-refractivity contribution in [2.75, 3.05) is 79.8 Å². The molecule has 0 amide bonds. The number of imidazole rings is 1. The van der Waals surface area contributed by atoms with Gasteiger partial charge in [-0.1, -0.05) is 6.58 Å². The molecule has 2 aromatic rings. The third kappa shape index (κ3) is 12.8. The summed E-state index contributed by atoms with van der Waals surface area (Å²) in [5, 5.41) is 0. The number of methoxy groups -OCH3 is 1. The monoisotopic (exact) mass is 507 g/mol. The van der Waals surface area contributed by atoms with Crippen molar-refractivity contribution in [2.45, 2.75) is 13.5 Å². The minimum atomic E-state index is -0.407. The predicted molar refractivity (Wildman–Crippen MR) is 132 cm³/mol. The molecule has 0 unspecified atom stereocenters. The van der Waals surface area contributed by atoms with Crippen molar-refractivity contribution < 1.29 is 42.5 Å². The molecule has 10 heteroatoms. The summed E-state index contributed by atoms with van der Waals surface area (Å²) in [5.74, 6) is 0.432. The normalized spacial score (nSPS) is 10.9. The van der Waals surface area contributed by atoms with E-state index in [-0.39, 0.29) is 6.61 Å². The highest BCUT2D eigenvalue weighted by Gasteiger charge is 2.07. The van der Waals surface area contributed by atoms with Gasteiger partial charge in [-0.25, -0.2) is 13.9 Å². The molecule has 1 aromatic heterocycles. The molecule has 1 aromatic carbocycles. The number of hydrogen-bond acceptors (Lipinski definition) is 8. The quantitative estimate of drug-likeness (QED) is 0.110. The summed E-state index contributed by atoms with van der Waals surface area (Å²) < 4.78 is 41.5. The Morgan fingerprint density at radius 3 is 1.81 bits per heavy atom. The molecule has 1 heterocycles. The number of nitrogens with zero attached hydrogens (tertiary/aromatic N) is 2. The van der Waals surface area contributed by atoms with Crippen LogP contribution in [0.3, 0.4) is 0 Å². The second-order valence-electron chi connectivity index (χ2n) is 7.73. The van der Waals surface area contributed by atoms with Crippen LogP contribution in [0, 0.1) is 0 Å². The summed E-state index contributed by atoms with van der Waals surface area (Å²) in [6.07, 6.45) is 6.06. The van der Waals surface area contributed by atoms with E-state index in [1.807, 2.05) is 43.0 Å². The van der Waals surface area contributed by atoms with Gasteiger partial charge in [-0.15, -0.1) is 0 Å². The van der Waals surface area contributed by atoms with Crippen molar-refractivity contribution in [2.24, 2.45) is 0 Å². The van der Waals surface area contributed by atoms with Gasteiger partial charge >= 0.3 is 5.97 Å². The Morgan fingerprint density at radius 1 is 0.806 bits per heavy atom. The minimum absolute atomic E-state index is 0.207. The first-order chi connectivity index (χ1) is 17.6. The van der Waals surface area contributed by atoms with Crippen molar-refractivity contribution >= 4 is 5.97 Å². The summed E-state index contributed by atoms with van der Waals surface area (Å²) in [6, 6.07) is 7.91. The Hall–Kier alpha value is -2.76. The van der Waals surface area contributed by atoms with E-state index in [4.69, 9.17) is 33.2 Å². The summed E-state index contributed by atoms with van der Waals surface area (Å²) in [7, 11) is 1.66. The first kappa shape index (κ1) is 29.5. The van der Waals surface area contributed by atoms with Crippen LogP contribution in [0.15, 0.2) is 55.1 Å². The Kier molecular flexibility index (Phi) is 15.1. The lowest BCUT2D eigenvalue weighted by atomic mass is 10.3. The van der Waals surface area contributed by atoms with E-state index in [2.05, 4.69) is 15.7 Å². The van der Waals surface area contributed by atoms with Crippen molar-refractivity contribution in [1.82, 2.24) is 4.57 Å². The molecular formula is C26H39N2O8+. The largest absolute Gasteiger partial charge is 0.497 e. The molecule has 0 atom stereocenters. The van der Waals surface area contributed by atoms with Crippen molar-refractivity contribution in [3.63, 3.8) is 0 Å². The molecule has 0 aliphatic heterocycles. The molecule has 0 saturated carbocycles. The summed E-state index contributed by atoms with van der Waals surface area (Å²) in [5.41, 5.74) is 1.45. The average Bonchev–Trinajstić information content (AvgIpc) is 3.36. The van der Waals surface area contributed by atoms with Crippen LogP contribution in [0.1, 0.15) is 6.92 Å². The molecule has 10 nitrogen and oxygen atoms in total. The number of rotatable bonds is 21. The van der Waals surface area contributed by atoms with Crippen LogP contribution in [0.4, 0.5) is 0 Å². The van der Waals surface area contributed by atoms with Gasteiger partial charge in [0.2, 0.25) is 6.33 Å². The molecule has 0 aliphatic carbocycles. The van der Waals surface area contributed by atoms with E-state index < -0.39 is 5.97 Å². The zero-order valence-electron chi connectivity index (χ0n) is 21.4. The van der Waals surface area contributed by atoms with E-state index in [0.717, 1.165) is 18.0 Å². The summed E-state index contributed by atoms with van der Waals surface area (Å²) in [6.45, 7) is 10.9. The van der Waals surface area contributed by atoms with Crippen LogP contribution in [0.5, 0.6) is 5.75 Å². The van der Waals surface area contributed by atoms with Gasteiger partial charge < -0.3 is 33.2 Å². The number of hydrogen-bond donors (Lipinski definition) is 0. The molecule has 0 radical (unpaired) electrons. The highest BCUT2D eigenvalue weighted by atomic mass is 16.6. The van der Waals surface area contributed by atoms with Crippen molar-refractivity contribution in [1.29, 1.82) is 0 Å². The minimum Gasteiger partial charge on any atom is -0.497 e. The van der Waals surface area contributed by atoms with E-state index in [1.54, 1.807) is 14.0 Å². The Morgan fingerprint density at radius 2 is 1.31 bits per heavy atom. The van der Waals surface area contributed by atoms with Gasteiger partial charge in [0.25, 0.3) is 0 Å². The van der Waals surface area contributed by atoms with Crippen molar-refractivity contribution in [3.05, 3.63) is 55.1 Å². The lowest BCUT2D eigenvalue weighted by molar-refractivity contribution is -0.697. The van der Waals surface area contributed by atoms with Crippen LogP contribution in [0.2, 0.25) is 0 Å². The maximum atomic E-state index is 11.2. The number of benzene rings is 1. The second kappa shape index (κ2) is 18.5. The molecule has 0 fully saturated rings. The molecular weight excluding hydrogens is 468 g/mol. The third-order valence-electron chi connectivity index (χ3n) is 4.85. The summed E-state index contributed by atoms with van der Waals surface area (Å²) in [4.78, 5) is 11.2. The maximum Gasteiger partial charge on any atom is 0.333 e. The second-order valence-corrected chi connectivity index (χ2v) is 7.73. The molecule has 0 saturated heterocycles. The lowest BCUT2D eigenvalue weighted by Gasteiger charge is -2.08. The maximum absolute atomic E-state index is 11.2. The molecule has 200 valence electrons. The zero-order chi connectivity index (χ0) is 25.8. The SMILES string of the molecule is C=C(C)C(=O)OCCOCCOCCOCCOCCOCC[n+]1ccn(-c2ccc(OC)cc2)c1. The van der Waals surface area contributed by atoms with E-state index in [1.165, 1.54) is 0 Å². The van der Waals surface area contributed by atoms with E-state index in [0.29, 0.717) is 71.6 Å². The number of ether oxygens (including phenoxy) is 7. The summed E-state index contributed by atoms with van der Waals surface area (Å²) >= 11 is 0. The van der Waals surface area contributed by atoms with Gasteiger partial charge in [-0.2, -0.15) is 0 Å². The fourth-order valence-corrected chi connectivity index (χ4v) is 2.90. The number of carbonyl (C=O) groups is 1. The van der Waals surface area contributed by atoms with Gasteiger partial charge in [0.05, 0.1) is 73.2 Å². The van der Waals surface area contributed by atoms with Gasteiger partial charge in [-0.3, -0.25) is 0 Å². The first-order valence-corrected chi connectivity index (χ1v) is 12.0. The van der Waals surface area contributed by atoms with Gasteiger partial charge in [0, 0.05) is 5.57 Å². The first-order valence-electron chi connectivity index (χ1n) is 12.0.